The van der Waals surface area contributed by atoms with E-state index >= 15 is 0 Å². The third-order valence-corrected chi connectivity index (χ3v) is 4.57. The minimum absolute atomic E-state index is 0.0831. The van der Waals surface area contributed by atoms with Crippen LogP contribution in [0.4, 0.5) is 13.2 Å². The van der Waals surface area contributed by atoms with Gasteiger partial charge < -0.3 is 9.47 Å². The maximum Gasteiger partial charge on any atom is 0.573 e. The van der Waals surface area contributed by atoms with Gasteiger partial charge in [0.15, 0.2) is 0 Å². The van der Waals surface area contributed by atoms with Crippen molar-refractivity contribution in [1.29, 1.82) is 0 Å². The molecule has 25 heavy (non-hydrogen) atoms. The van der Waals surface area contributed by atoms with Crippen LogP contribution in [0.15, 0.2) is 53.4 Å². The first-order valence-electron chi connectivity index (χ1n) is 7.12. The quantitative estimate of drug-likeness (QED) is 0.807. The summed E-state index contributed by atoms with van der Waals surface area (Å²) in [4.78, 5) is -0.583. The Morgan fingerprint density at radius 1 is 1.04 bits per heavy atom. The number of rotatable bonds is 7. The maximum absolute atomic E-state index is 12.4. The molecule has 2 aromatic rings. The second-order valence-electron chi connectivity index (χ2n) is 5.07. The molecule has 0 aliphatic carbocycles. The predicted octanol–water partition coefficient (Wildman–Crippen LogP) is 3.21. The number of sulfonamides is 1. The molecule has 0 saturated heterocycles. The van der Waals surface area contributed by atoms with E-state index in [9.17, 15) is 21.6 Å². The Morgan fingerprint density at radius 2 is 1.72 bits per heavy atom. The highest BCUT2D eigenvalue weighted by Crippen LogP contribution is 2.29. The van der Waals surface area contributed by atoms with Crippen LogP contribution in [0.25, 0.3) is 0 Å². The Kier molecular flexibility index (Phi) is 6.04. The molecule has 0 bridgehead atoms. The van der Waals surface area contributed by atoms with E-state index in [1.165, 1.54) is 19.2 Å². The topological polar surface area (TPSA) is 64.6 Å². The van der Waals surface area contributed by atoms with Gasteiger partial charge in [-0.2, -0.15) is 0 Å². The summed E-state index contributed by atoms with van der Waals surface area (Å²) in [6.07, 6.45) is -4.99. The second kappa shape index (κ2) is 7.85. The van der Waals surface area contributed by atoms with Crippen LogP contribution in [0.5, 0.6) is 5.75 Å². The molecule has 2 aromatic carbocycles. The fraction of sp³-hybridized carbons (Fsp3) is 0.250. The number of hydrogen-bond donors (Lipinski definition) is 1. The van der Waals surface area contributed by atoms with E-state index in [0.717, 1.165) is 17.7 Å². The first kappa shape index (κ1) is 19.2. The number of para-hydroxylation sites is 1. The molecular weight excluding hydrogens is 359 g/mol. The van der Waals surface area contributed by atoms with Crippen molar-refractivity contribution in [2.24, 2.45) is 0 Å². The van der Waals surface area contributed by atoms with Gasteiger partial charge in [0, 0.05) is 13.7 Å². The van der Waals surface area contributed by atoms with Crippen LogP contribution < -0.4 is 9.46 Å². The van der Waals surface area contributed by atoms with Gasteiger partial charge in [0.1, 0.15) is 10.6 Å². The molecule has 5 nitrogen and oxygen atoms in total. The lowest BCUT2D eigenvalue weighted by Crippen LogP contribution is -2.25. The molecule has 0 aliphatic rings. The molecule has 0 fully saturated rings. The van der Waals surface area contributed by atoms with Crippen molar-refractivity contribution in [3.63, 3.8) is 0 Å². The number of benzene rings is 2. The molecule has 0 atom stereocenters. The van der Waals surface area contributed by atoms with Crippen LogP contribution >= 0.6 is 0 Å². The standard InChI is InChI=1S/C16H16F3NO4S/c1-23-11-13-6-4-5-12(9-13)10-20-25(21,22)15-8-3-2-7-14(15)24-16(17,18)19/h2-9,20H,10-11H2,1H3. The molecule has 0 aliphatic heterocycles. The van der Waals surface area contributed by atoms with Crippen LogP contribution in [-0.4, -0.2) is 21.9 Å². The van der Waals surface area contributed by atoms with Crippen molar-refractivity contribution in [1.82, 2.24) is 4.72 Å². The number of hydrogen-bond acceptors (Lipinski definition) is 4. The average molecular weight is 375 g/mol. The summed E-state index contributed by atoms with van der Waals surface area (Å²) < 4.78 is 73.0. The molecule has 0 saturated carbocycles. The number of nitrogens with one attached hydrogen (secondary N) is 1. The number of alkyl halides is 3. The van der Waals surface area contributed by atoms with Crippen LogP contribution in [0.1, 0.15) is 11.1 Å². The minimum Gasteiger partial charge on any atom is -0.404 e. The predicted molar refractivity (Wildman–Crippen MR) is 84.3 cm³/mol. The van der Waals surface area contributed by atoms with Gasteiger partial charge in [0.05, 0.1) is 6.61 Å². The summed E-state index contributed by atoms with van der Waals surface area (Å²) in [7, 11) is -2.66. The number of ether oxygens (including phenoxy) is 2. The number of halogens is 3. The molecule has 0 heterocycles. The average Bonchev–Trinajstić information content (AvgIpc) is 2.53. The summed E-state index contributed by atoms with van der Waals surface area (Å²) >= 11 is 0. The van der Waals surface area contributed by atoms with Gasteiger partial charge in [0.25, 0.3) is 0 Å². The lowest BCUT2D eigenvalue weighted by Gasteiger charge is -2.14. The molecule has 0 spiro atoms. The fourth-order valence-corrected chi connectivity index (χ4v) is 3.28. The van der Waals surface area contributed by atoms with E-state index in [1.807, 2.05) is 6.07 Å². The Morgan fingerprint density at radius 3 is 2.40 bits per heavy atom. The fourth-order valence-electron chi connectivity index (χ4n) is 2.13. The smallest absolute Gasteiger partial charge is 0.404 e. The molecule has 0 aromatic heterocycles. The van der Waals surface area contributed by atoms with Gasteiger partial charge in [-0.05, 0) is 23.3 Å². The zero-order valence-corrected chi connectivity index (χ0v) is 14.0. The highest BCUT2D eigenvalue weighted by Gasteiger charge is 2.33. The van der Waals surface area contributed by atoms with Gasteiger partial charge >= 0.3 is 6.36 Å². The van der Waals surface area contributed by atoms with E-state index in [4.69, 9.17) is 4.74 Å². The van der Waals surface area contributed by atoms with E-state index in [0.29, 0.717) is 12.2 Å². The maximum atomic E-state index is 12.4. The van der Waals surface area contributed by atoms with Crippen LogP contribution in [-0.2, 0) is 27.9 Å². The molecule has 0 unspecified atom stereocenters. The van der Waals surface area contributed by atoms with E-state index < -0.39 is 27.0 Å². The Hall–Kier alpha value is -2.10. The van der Waals surface area contributed by atoms with E-state index in [1.54, 1.807) is 18.2 Å². The Labute approximate surface area is 143 Å². The molecular formula is C16H16F3NO4S. The van der Waals surface area contributed by atoms with Crippen molar-refractivity contribution in [3.05, 3.63) is 59.7 Å². The number of methoxy groups -OCH3 is 1. The second-order valence-corrected chi connectivity index (χ2v) is 6.81. The molecule has 0 amide bonds. The van der Waals surface area contributed by atoms with Gasteiger partial charge in [0.2, 0.25) is 10.0 Å². The highest BCUT2D eigenvalue weighted by molar-refractivity contribution is 7.89. The Balaban J connectivity index is 2.18. The summed E-state index contributed by atoms with van der Waals surface area (Å²) in [6.45, 7) is 0.281. The summed E-state index contributed by atoms with van der Waals surface area (Å²) in [5.41, 5.74) is 1.49. The normalized spacial score (nSPS) is 12.2. The SMILES string of the molecule is COCc1cccc(CNS(=O)(=O)c2ccccc2OC(F)(F)F)c1. The van der Waals surface area contributed by atoms with Crippen LogP contribution in [0.3, 0.4) is 0 Å². The molecule has 2 rings (SSSR count). The third kappa shape index (κ3) is 5.73. The molecule has 1 N–H and O–H groups in total. The van der Waals surface area contributed by atoms with Gasteiger partial charge in [-0.3, -0.25) is 0 Å². The molecule has 9 heteroatoms. The molecule has 0 radical (unpaired) electrons. The summed E-state index contributed by atoms with van der Waals surface area (Å²) in [5, 5.41) is 0. The van der Waals surface area contributed by atoms with Gasteiger partial charge in [-0.25, -0.2) is 13.1 Å². The van der Waals surface area contributed by atoms with Crippen molar-refractivity contribution >= 4 is 10.0 Å². The zero-order chi connectivity index (χ0) is 18.5. The molecule has 136 valence electrons. The third-order valence-electron chi connectivity index (χ3n) is 3.13. The minimum atomic E-state index is -4.99. The first-order chi connectivity index (χ1) is 11.7. The van der Waals surface area contributed by atoms with Crippen molar-refractivity contribution in [2.75, 3.05) is 7.11 Å². The van der Waals surface area contributed by atoms with Crippen LogP contribution in [0.2, 0.25) is 0 Å². The first-order valence-corrected chi connectivity index (χ1v) is 8.61. The lowest BCUT2D eigenvalue weighted by molar-refractivity contribution is -0.275. The van der Waals surface area contributed by atoms with Crippen molar-refractivity contribution in [2.45, 2.75) is 24.4 Å². The van der Waals surface area contributed by atoms with Crippen molar-refractivity contribution < 1.29 is 31.1 Å². The summed E-state index contributed by atoms with van der Waals surface area (Å²) in [6, 6.07) is 11.5. The van der Waals surface area contributed by atoms with Crippen molar-refractivity contribution in [3.8, 4) is 5.75 Å². The monoisotopic (exact) mass is 375 g/mol. The lowest BCUT2D eigenvalue weighted by atomic mass is 10.1. The van der Waals surface area contributed by atoms with Gasteiger partial charge in [-0.1, -0.05) is 36.4 Å². The Bertz CT molecular complexity index is 822. The largest absolute Gasteiger partial charge is 0.573 e. The van der Waals surface area contributed by atoms with Crippen LogP contribution in [0, 0.1) is 0 Å². The van der Waals surface area contributed by atoms with E-state index in [2.05, 4.69) is 9.46 Å². The zero-order valence-electron chi connectivity index (χ0n) is 13.2. The van der Waals surface area contributed by atoms with E-state index in [-0.39, 0.29) is 6.54 Å². The van der Waals surface area contributed by atoms with Gasteiger partial charge in [-0.15, -0.1) is 13.2 Å². The summed E-state index contributed by atoms with van der Waals surface area (Å²) in [5.74, 6) is -0.782. The highest BCUT2D eigenvalue weighted by atomic mass is 32.2.